The molecule has 0 radical (unpaired) electrons. The number of carbonyl (C=O) groups excluding carboxylic acids is 2. The number of nitrogens with zero attached hydrogens (tertiary/aromatic N) is 5. The number of aromatic nitrogens is 3. The van der Waals surface area contributed by atoms with E-state index in [1.165, 1.54) is 0 Å². The Hall–Kier alpha value is -2.48. The molecule has 1 fully saturated rings. The van der Waals surface area contributed by atoms with Crippen LogP contribution in [-0.2, 0) is 16.1 Å². The van der Waals surface area contributed by atoms with Gasteiger partial charge in [-0.25, -0.2) is 9.67 Å². The van der Waals surface area contributed by atoms with Crippen molar-refractivity contribution in [3.05, 3.63) is 24.0 Å². The van der Waals surface area contributed by atoms with Gasteiger partial charge in [-0.3, -0.25) is 9.59 Å². The van der Waals surface area contributed by atoms with Crippen molar-refractivity contribution in [1.29, 1.82) is 0 Å². The Balaban J connectivity index is 1.73. The molecular weight excluding hydrogens is 332 g/mol. The fourth-order valence-corrected chi connectivity index (χ4v) is 3.41. The van der Waals surface area contributed by atoms with Gasteiger partial charge >= 0.3 is 0 Å². The molecule has 3 rings (SSSR count). The van der Waals surface area contributed by atoms with Crippen LogP contribution in [0.25, 0.3) is 11.0 Å². The average Bonchev–Trinajstić information content (AvgIpc) is 3.19. The molecule has 8 heteroatoms. The smallest absolute Gasteiger partial charge is 0.234 e. The Labute approximate surface area is 153 Å². The minimum Gasteiger partial charge on any atom is -0.353 e. The highest BCUT2D eigenvalue weighted by Crippen LogP contribution is 2.31. The second-order valence-corrected chi connectivity index (χ2v) is 7.02. The molecule has 1 unspecified atom stereocenters. The molecule has 1 atom stereocenters. The van der Waals surface area contributed by atoms with Gasteiger partial charge in [0, 0.05) is 44.1 Å². The zero-order chi connectivity index (χ0) is 18.7. The van der Waals surface area contributed by atoms with Crippen molar-refractivity contribution >= 4 is 22.8 Å². The number of hydrogen-bond donors (Lipinski definition) is 1. The number of likely N-dealkylation sites (N-methyl/N-ethyl adjacent to an activating group) is 1. The van der Waals surface area contributed by atoms with Gasteiger partial charge in [-0.05, 0) is 32.6 Å². The molecule has 0 aromatic carbocycles. The summed E-state index contributed by atoms with van der Waals surface area (Å²) in [6, 6.07) is 3.94. The van der Waals surface area contributed by atoms with E-state index in [0.717, 1.165) is 29.7 Å². The van der Waals surface area contributed by atoms with Gasteiger partial charge in [-0.1, -0.05) is 0 Å². The van der Waals surface area contributed by atoms with Gasteiger partial charge in [0.25, 0.3) is 0 Å². The molecule has 8 nitrogen and oxygen atoms in total. The maximum Gasteiger partial charge on any atom is 0.234 e. The number of amides is 2. The minimum absolute atomic E-state index is 0.00691. The third-order valence-electron chi connectivity index (χ3n) is 4.66. The molecule has 2 amide bonds. The van der Waals surface area contributed by atoms with Gasteiger partial charge in [0.1, 0.15) is 0 Å². The lowest BCUT2D eigenvalue weighted by Crippen LogP contribution is -2.35. The largest absolute Gasteiger partial charge is 0.353 e. The van der Waals surface area contributed by atoms with E-state index in [4.69, 9.17) is 5.10 Å². The Morgan fingerprint density at radius 3 is 2.88 bits per heavy atom. The first-order valence-corrected chi connectivity index (χ1v) is 8.94. The summed E-state index contributed by atoms with van der Waals surface area (Å²) in [5.74, 6) is 0.334. The van der Waals surface area contributed by atoms with E-state index in [1.54, 1.807) is 13.1 Å². The SMILES string of the molecule is CC(=O)N1CCC(c2nn(CCNC(=O)CN(C)C)c3ncccc23)C1. The van der Waals surface area contributed by atoms with Gasteiger partial charge < -0.3 is 15.1 Å². The maximum absolute atomic E-state index is 11.8. The molecule has 3 heterocycles. The highest BCUT2D eigenvalue weighted by atomic mass is 16.2. The Kier molecular flexibility index (Phi) is 5.51. The summed E-state index contributed by atoms with van der Waals surface area (Å²) >= 11 is 0. The quantitative estimate of drug-likeness (QED) is 0.810. The maximum atomic E-state index is 11.8. The lowest BCUT2D eigenvalue weighted by molar-refractivity contribution is -0.127. The van der Waals surface area contributed by atoms with Gasteiger partial charge in [0.15, 0.2) is 5.65 Å². The normalized spacial score (nSPS) is 17.2. The molecule has 2 aromatic heterocycles. The fraction of sp³-hybridized carbons (Fsp3) is 0.556. The van der Waals surface area contributed by atoms with E-state index < -0.39 is 0 Å². The average molecular weight is 358 g/mol. The zero-order valence-corrected chi connectivity index (χ0v) is 15.6. The van der Waals surface area contributed by atoms with Crippen LogP contribution in [0.2, 0.25) is 0 Å². The van der Waals surface area contributed by atoms with Crippen molar-refractivity contribution in [3.8, 4) is 0 Å². The van der Waals surface area contributed by atoms with E-state index in [-0.39, 0.29) is 17.7 Å². The molecule has 0 spiro atoms. The molecule has 26 heavy (non-hydrogen) atoms. The molecule has 1 aliphatic heterocycles. The zero-order valence-electron chi connectivity index (χ0n) is 15.6. The lowest BCUT2D eigenvalue weighted by Gasteiger charge is -2.13. The topological polar surface area (TPSA) is 83.4 Å². The minimum atomic E-state index is -0.00691. The van der Waals surface area contributed by atoms with Crippen LogP contribution in [0, 0.1) is 0 Å². The number of carbonyl (C=O) groups is 2. The van der Waals surface area contributed by atoms with E-state index in [9.17, 15) is 9.59 Å². The summed E-state index contributed by atoms with van der Waals surface area (Å²) in [6.45, 7) is 4.52. The van der Waals surface area contributed by atoms with E-state index in [1.807, 2.05) is 40.7 Å². The van der Waals surface area contributed by atoms with Gasteiger partial charge in [-0.2, -0.15) is 5.10 Å². The summed E-state index contributed by atoms with van der Waals surface area (Å²) in [4.78, 5) is 31.6. The van der Waals surface area contributed by atoms with Crippen molar-refractivity contribution in [1.82, 2.24) is 29.9 Å². The van der Waals surface area contributed by atoms with Crippen molar-refractivity contribution in [2.45, 2.75) is 25.8 Å². The number of hydrogen-bond acceptors (Lipinski definition) is 5. The molecule has 1 aliphatic rings. The standard InChI is InChI=1S/C18H26N6O2/c1-13(25)23-9-6-14(11-23)17-15-5-4-7-20-18(15)24(21-17)10-8-19-16(26)12-22(2)3/h4-5,7,14H,6,8-12H2,1-3H3,(H,19,26). The van der Waals surface area contributed by atoms with Crippen molar-refractivity contribution in [3.63, 3.8) is 0 Å². The van der Waals surface area contributed by atoms with Crippen LogP contribution < -0.4 is 5.32 Å². The third kappa shape index (κ3) is 4.01. The number of fused-ring (bicyclic) bond motifs is 1. The number of nitrogens with one attached hydrogen (secondary N) is 1. The predicted octanol–water partition coefficient (Wildman–Crippen LogP) is 0.445. The van der Waals surface area contributed by atoms with Crippen molar-refractivity contribution in [2.75, 3.05) is 40.3 Å². The molecule has 2 aromatic rings. The van der Waals surface area contributed by atoms with Crippen molar-refractivity contribution in [2.24, 2.45) is 0 Å². The molecule has 0 bridgehead atoms. The third-order valence-corrected chi connectivity index (χ3v) is 4.66. The van der Waals surface area contributed by atoms with Gasteiger partial charge in [-0.15, -0.1) is 0 Å². The molecular formula is C18H26N6O2. The van der Waals surface area contributed by atoms with Crippen LogP contribution in [-0.4, -0.2) is 76.7 Å². The predicted molar refractivity (Wildman–Crippen MR) is 98.7 cm³/mol. The van der Waals surface area contributed by atoms with Gasteiger partial charge in [0.2, 0.25) is 11.8 Å². The summed E-state index contributed by atoms with van der Waals surface area (Å²) < 4.78 is 1.86. The van der Waals surface area contributed by atoms with Crippen LogP contribution in [0.5, 0.6) is 0 Å². The Morgan fingerprint density at radius 2 is 2.19 bits per heavy atom. The number of pyridine rings is 1. The van der Waals surface area contributed by atoms with Crippen LogP contribution in [0.1, 0.15) is 25.0 Å². The van der Waals surface area contributed by atoms with Crippen LogP contribution in [0.3, 0.4) is 0 Å². The molecule has 140 valence electrons. The second-order valence-electron chi connectivity index (χ2n) is 7.02. The lowest BCUT2D eigenvalue weighted by atomic mass is 10.0. The summed E-state index contributed by atoms with van der Waals surface area (Å²) in [5, 5.41) is 8.71. The first-order chi connectivity index (χ1) is 12.5. The highest BCUT2D eigenvalue weighted by Gasteiger charge is 2.29. The second kappa shape index (κ2) is 7.82. The number of likely N-dealkylation sites (tertiary alicyclic amines) is 1. The fourth-order valence-electron chi connectivity index (χ4n) is 3.41. The van der Waals surface area contributed by atoms with Gasteiger partial charge in [0.05, 0.1) is 18.8 Å². The van der Waals surface area contributed by atoms with Crippen LogP contribution >= 0.6 is 0 Å². The Bertz CT molecular complexity index is 800. The molecule has 0 saturated carbocycles. The monoisotopic (exact) mass is 358 g/mol. The Morgan fingerprint density at radius 1 is 1.38 bits per heavy atom. The highest BCUT2D eigenvalue weighted by molar-refractivity contribution is 5.80. The summed E-state index contributed by atoms with van der Waals surface area (Å²) in [6.07, 6.45) is 2.67. The van der Waals surface area contributed by atoms with Crippen LogP contribution in [0.4, 0.5) is 0 Å². The first kappa shape index (κ1) is 18.3. The molecule has 1 saturated heterocycles. The van der Waals surface area contributed by atoms with Crippen LogP contribution in [0.15, 0.2) is 18.3 Å². The molecule has 1 N–H and O–H groups in total. The van der Waals surface area contributed by atoms with E-state index in [0.29, 0.717) is 26.2 Å². The summed E-state index contributed by atoms with van der Waals surface area (Å²) in [5.41, 5.74) is 1.82. The molecule has 0 aliphatic carbocycles. The van der Waals surface area contributed by atoms with E-state index in [2.05, 4.69) is 10.3 Å². The summed E-state index contributed by atoms with van der Waals surface area (Å²) in [7, 11) is 3.73. The van der Waals surface area contributed by atoms with Crippen molar-refractivity contribution < 1.29 is 9.59 Å². The van der Waals surface area contributed by atoms with E-state index >= 15 is 0 Å². The first-order valence-electron chi connectivity index (χ1n) is 8.94. The number of rotatable bonds is 6.